The summed E-state index contributed by atoms with van der Waals surface area (Å²) in [5, 5.41) is 0. The van der Waals surface area contributed by atoms with Crippen LogP contribution in [0.3, 0.4) is 0 Å². The van der Waals surface area contributed by atoms with Crippen LogP contribution in [0.25, 0.3) is 22.3 Å². The summed E-state index contributed by atoms with van der Waals surface area (Å²) in [6, 6.07) is 52.0. The lowest BCUT2D eigenvalue weighted by atomic mass is 9.95. The molecule has 0 spiro atoms. The molecule has 9 nitrogen and oxygen atoms in total. The number of carbonyl (C=O) groups is 1. The molecular formula is C49H30N2O7S3. The number of ketones is 1. The van der Waals surface area contributed by atoms with Gasteiger partial charge in [0.1, 0.15) is 0 Å². The van der Waals surface area contributed by atoms with Crippen LogP contribution in [0, 0.1) is 0 Å². The van der Waals surface area contributed by atoms with E-state index in [2.05, 4.69) is 0 Å². The molecule has 3 aliphatic rings. The SMILES string of the molecule is O=C1c2cc(-c3ccc(N4c5ccccc5S(=O)(=O)c5ccccc54)cc3)ccc2S(=O)(=O)c2ccc(-c3ccc(N4c5ccccc5S(=O)(=O)c5ccccc54)cc3)cc21. The van der Waals surface area contributed by atoms with Crippen LogP contribution in [0.5, 0.6) is 0 Å². The van der Waals surface area contributed by atoms with Crippen LogP contribution >= 0.6 is 0 Å². The topological polar surface area (TPSA) is 126 Å². The minimum absolute atomic E-state index is 0.0608. The molecule has 3 heterocycles. The van der Waals surface area contributed by atoms with Gasteiger partial charge in [-0.15, -0.1) is 0 Å². The van der Waals surface area contributed by atoms with Crippen molar-refractivity contribution in [2.24, 2.45) is 0 Å². The van der Waals surface area contributed by atoms with Gasteiger partial charge < -0.3 is 9.80 Å². The number of hydrogen-bond donors (Lipinski definition) is 0. The fourth-order valence-electron chi connectivity index (χ4n) is 8.64. The van der Waals surface area contributed by atoms with Crippen LogP contribution in [0.15, 0.2) is 211 Å². The zero-order valence-electron chi connectivity index (χ0n) is 31.8. The highest BCUT2D eigenvalue weighted by molar-refractivity contribution is 7.92. The monoisotopic (exact) mass is 854 g/mol. The average Bonchev–Trinajstić information content (AvgIpc) is 3.29. The van der Waals surface area contributed by atoms with Crippen molar-refractivity contribution in [1.29, 1.82) is 0 Å². The molecule has 0 saturated carbocycles. The first-order chi connectivity index (χ1) is 29.4. The Morgan fingerprint density at radius 3 is 0.902 bits per heavy atom. The number of sulfone groups is 3. The van der Waals surface area contributed by atoms with Gasteiger partial charge in [-0.25, -0.2) is 25.3 Å². The van der Waals surface area contributed by atoms with E-state index in [9.17, 15) is 30.0 Å². The largest absolute Gasteiger partial charge is 0.308 e. The zero-order chi connectivity index (χ0) is 41.8. The second-order valence-electron chi connectivity index (χ2n) is 14.9. The van der Waals surface area contributed by atoms with Crippen LogP contribution in [0.2, 0.25) is 0 Å². The van der Waals surface area contributed by atoms with Gasteiger partial charge in [-0.3, -0.25) is 4.79 Å². The van der Waals surface area contributed by atoms with E-state index < -0.39 is 35.3 Å². The minimum atomic E-state index is -4.04. The van der Waals surface area contributed by atoms with Gasteiger partial charge in [-0.05, 0) is 119 Å². The van der Waals surface area contributed by atoms with E-state index >= 15 is 0 Å². The molecule has 11 rings (SSSR count). The predicted octanol–water partition coefficient (Wildman–Crippen LogP) is 10.6. The molecule has 296 valence electrons. The van der Waals surface area contributed by atoms with Crippen molar-refractivity contribution in [3.05, 3.63) is 193 Å². The van der Waals surface area contributed by atoms with E-state index in [1.807, 2.05) is 58.3 Å². The number of anilines is 6. The van der Waals surface area contributed by atoms with Gasteiger partial charge in [-0.2, -0.15) is 0 Å². The molecule has 8 aromatic carbocycles. The van der Waals surface area contributed by atoms with Crippen molar-refractivity contribution >= 4 is 69.4 Å². The van der Waals surface area contributed by atoms with Gasteiger partial charge in [0.25, 0.3) is 0 Å². The number of nitrogens with zero attached hydrogens (tertiary/aromatic N) is 2. The van der Waals surface area contributed by atoms with Gasteiger partial charge in [0.15, 0.2) is 5.78 Å². The average molecular weight is 855 g/mol. The number of fused-ring (bicyclic) bond motifs is 6. The lowest BCUT2D eigenvalue weighted by Gasteiger charge is -2.33. The maximum absolute atomic E-state index is 14.3. The Kier molecular flexibility index (Phi) is 7.98. The van der Waals surface area contributed by atoms with Gasteiger partial charge in [0.2, 0.25) is 29.5 Å². The molecule has 0 fully saturated rings. The van der Waals surface area contributed by atoms with Gasteiger partial charge in [0.05, 0.1) is 52.1 Å². The summed E-state index contributed by atoms with van der Waals surface area (Å²) in [7, 11) is -11.5. The Labute approximate surface area is 352 Å². The van der Waals surface area contributed by atoms with E-state index in [1.165, 1.54) is 12.1 Å². The van der Waals surface area contributed by atoms with E-state index in [4.69, 9.17) is 0 Å². The Bertz CT molecular complexity index is 3220. The molecule has 0 N–H and O–H groups in total. The first-order valence-corrected chi connectivity index (χ1v) is 23.6. The number of hydrogen-bond acceptors (Lipinski definition) is 9. The third-order valence-corrected chi connectivity index (χ3v) is 17.1. The highest BCUT2D eigenvalue weighted by Gasteiger charge is 2.37. The Morgan fingerprint density at radius 1 is 0.295 bits per heavy atom. The standard InChI is InChI=1S/C49H30N2O7S3/c52-49-37-29-33(31-17-23-35(24-18-31)50-39-9-1-5-13-45(39)60(55,56)46-14-6-2-10-40(46)50)21-27-43(37)59(53,54)44-28-22-34(30-38(44)49)32-19-25-36(26-20-32)51-41-11-3-7-15-47(41)61(57,58)48-16-8-4-12-42(48)51/h1-30H. The first kappa shape index (κ1) is 36.9. The number of carbonyl (C=O) groups excluding carboxylic acids is 1. The molecule has 0 saturated heterocycles. The Morgan fingerprint density at radius 2 is 0.574 bits per heavy atom. The lowest BCUT2D eigenvalue weighted by molar-refractivity contribution is 0.103. The third-order valence-electron chi connectivity index (χ3n) is 11.5. The summed E-state index contributed by atoms with van der Waals surface area (Å²) in [5.41, 5.74) is 6.47. The van der Waals surface area contributed by atoms with Crippen molar-refractivity contribution < 1.29 is 30.0 Å². The van der Waals surface area contributed by atoms with Crippen molar-refractivity contribution in [2.45, 2.75) is 29.4 Å². The van der Waals surface area contributed by atoms with Crippen LogP contribution in [0.1, 0.15) is 15.9 Å². The molecule has 61 heavy (non-hydrogen) atoms. The third kappa shape index (κ3) is 5.42. The van der Waals surface area contributed by atoms with E-state index in [0.29, 0.717) is 33.9 Å². The number of para-hydroxylation sites is 4. The lowest BCUT2D eigenvalue weighted by Crippen LogP contribution is -2.22. The first-order valence-electron chi connectivity index (χ1n) is 19.2. The molecule has 3 aliphatic heterocycles. The van der Waals surface area contributed by atoms with Gasteiger partial charge >= 0.3 is 0 Å². The maximum atomic E-state index is 14.3. The van der Waals surface area contributed by atoms with Crippen LogP contribution in [0.4, 0.5) is 34.1 Å². The summed E-state index contributed by atoms with van der Waals surface area (Å²) < 4.78 is 82.1. The molecule has 12 heteroatoms. The van der Waals surface area contributed by atoms with Crippen molar-refractivity contribution in [3.63, 3.8) is 0 Å². The Hall–Kier alpha value is -7.12. The summed E-state index contributed by atoms with van der Waals surface area (Å²) in [5.74, 6) is -0.415. The molecule has 0 radical (unpaired) electrons. The maximum Gasteiger partial charge on any atom is 0.210 e. The van der Waals surface area contributed by atoms with E-state index in [0.717, 1.165) is 22.5 Å². The molecule has 0 atom stereocenters. The zero-order valence-corrected chi connectivity index (χ0v) is 34.2. The summed E-state index contributed by atoms with van der Waals surface area (Å²) in [6.45, 7) is 0. The summed E-state index contributed by atoms with van der Waals surface area (Å²) in [4.78, 5) is 18.8. The molecule has 0 bridgehead atoms. The second kappa shape index (κ2) is 13.2. The number of benzene rings is 8. The van der Waals surface area contributed by atoms with Gasteiger partial charge in [-0.1, -0.05) is 84.9 Å². The minimum Gasteiger partial charge on any atom is -0.308 e. The van der Waals surface area contributed by atoms with Crippen LogP contribution < -0.4 is 9.80 Å². The molecule has 0 unspecified atom stereocenters. The Balaban J connectivity index is 0.922. The fraction of sp³-hybridized carbons (Fsp3) is 0. The fourth-order valence-corrected chi connectivity index (χ4v) is 13.5. The highest BCUT2D eigenvalue weighted by atomic mass is 32.2. The van der Waals surface area contributed by atoms with Crippen LogP contribution in [-0.4, -0.2) is 31.0 Å². The summed E-state index contributed by atoms with van der Waals surface area (Å²) in [6.07, 6.45) is 0. The van der Waals surface area contributed by atoms with E-state index in [-0.39, 0.29) is 40.5 Å². The number of rotatable bonds is 4. The van der Waals surface area contributed by atoms with Crippen molar-refractivity contribution in [2.75, 3.05) is 9.80 Å². The molecule has 8 aromatic rings. The van der Waals surface area contributed by atoms with Crippen molar-refractivity contribution in [1.82, 2.24) is 0 Å². The van der Waals surface area contributed by atoms with Gasteiger partial charge in [0, 0.05) is 22.5 Å². The van der Waals surface area contributed by atoms with E-state index in [1.54, 1.807) is 121 Å². The van der Waals surface area contributed by atoms with Crippen LogP contribution in [-0.2, 0) is 29.5 Å². The molecular weight excluding hydrogens is 825 g/mol. The molecule has 0 amide bonds. The smallest absolute Gasteiger partial charge is 0.210 e. The molecule has 0 aromatic heterocycles. The quantitative estimate of drug-likeness (QED) is 0.170. The highest BCUT2D eigenvalue weighted by Crippen LogP contribution is 2.50. The predicted molar refractivity (Wildman–Crippen MR) is 233 cm³/mol. The second-order valence-corrected chi connectivity index (χ2v) is 20.6. The normalized spacial score (nSPS) is 16.0. The van der Waals surface area contributed by atoms with Crippen molar-refractivity contribution in [3.8, 4) is 22.3 Å². The molecule has 0 aliphatic carbocycles. The summed E-state index contributed by atoms with van der Waals surface area (Å²) >= 11 is 0.